The van der Waals surface area contributed by atoms with E-state index < -0.39 is 0 Å². The van der Waals surface area contributed by atoms with Gasteiger partial charge in [-0.25, -0.2) is 0 Å². The third-order valence-corrected chi connectivity index (χ3v) is 5.61. The normalized spacial score (nSPS) is 26.4. The zero-order valence-electron chi connectivity index (χ0n) is 12.4. The summed E-state index contributed by atoms with van der Waals surface area (Å²) in [5, 5.41) is 0. The van der Waals surface area contributed by atoms with Crippen LogP contribution in [0.25, 0.3) is 0 Å². The van der Waals surface area contributed by atoms with Crippen LogP contribution < -0.4 is 0 Å². The lowest BCUT2D eigenvalue weighted by Crippen LogP contribution is -2.41. The Morgan fingerprint density at radius 1 is 0.950 bits per heavy atom. The fraction of sp³-hybridized carbons (Fsp3) is 0.667. The molecule has 0 aromatic heterocycles. The summed E-state index contributed by atoms with van der Waals surface area (Å²) in [6, 6.07) is 9.82. The summed E-state index contributed by atoms with van der Waals surface area (Å²) < 4.78 is 1.22. The SMILES string of the molecule is Brc1cccc(C2CCCN(C3CCCCCC3)C2)c1. The lowest BCUT2D eigenvalue weighted by atomic mass is 9.89. The van der Waals surface area contributed by atoms with Crippen LogP contribution in [0, 0.1) is 0 Å². The van der Waals surface area contributed by atoms with Crippen LogP contribution in [0.2, 0.25) is 0 Å². The Morgan fingerprint density at radius 2 is 1.75 bits per heavy atom. The average molecular weight is 336 g/mol. The van der Waals surface area contributed by atoms with Crippen LogP contribution in [0.1, 0.15) is 62.8 Å². The van der Waals surface area contributed by atoms with Gasteiger partial charge in [0.05, 0.1) is 0 Å². The Hall–Kier alpha value is -0.340. The molecular weight excluding hydrogens is 310 g/mol. The van der Waals surface area contributed by atoms with E-state index >= 15 is 0 Å². The summed E-state index contributed by atoms with van der Waals surface area (Å²) >= 11 is 3.62. The molecule has 1 saturated carbocycles. The van der Waals surface area contributed by atoms with E-state index in [2.05, 4.69) is 45.1 Å². The van der Waals surface area contributed by atoms with Crippen molar-refractivity contribution in [3.05, 3.63) is 34.3 Å². The van der Waals surface area contributed by atoms with Gasteiger partial charge < -0.3 is 0 Å². The maximum Gasteiger partial charge on any atom is 0.0178 e. The summed E-state index contributed by atoms with van der Waals surface area (Å²) in [4.78, 5) is 2.81. The van der Waals surface area contributed by atoms with Crippen molar-refractivity contribution in [2.24, 2.45) is 0 Å². The van der Waals surface area contributed by atoms with Crippen molar-refractivity contribution in [3.8, 4) is 0 Å². The van der Waals surface area contributed by atoms with Gasteiger partial charge in [0.2, 0.25) is 0 Å². The number of hydrogen-bond acceptors (Lipinski definition) is 1. The molecular formula is C18H26BrN. The van der Waals surface area contributed by atoms with Gasteiger partial charge in [0, 0.05) is 17.1 Å². The van der Waals surface area contributed by atoms with Gasteiger partial charge in [0.1, 0.15) is 0 Å². The molecule has 20 heavy (non-hydrogen) atoms. The lowest BCUT2D eigenvalue weighted by molar-refractivity contribution is 0.135. The highest BCUT2D eigenvalue weighted by atomic mass is 79.9. The molecule has 0 radical (unpaired) electrons. The van der Waals surface area contributed by atoms with Crippen LogP contribution in [-0.2, 0) is 0 Å². The van der Waals surface area contributed by atoms with E-state index in [0.29, 0.717) is 0 Å². The first-order valence-corrected chi connectivity index (χ1v) is 9.12. The maximum atomic E-state index is 3.62. The minimum absolute atomic E-state index is 0.740. The molecule has 1 atom stereocenters. The van der Waals surface area contributed by atoms with Crippen molar-refractivity contribution in [2.75, 3.05) is 13.1 Å². The van der Waals surface area contributed by atoms with Crippen molar-refractivity contribution in [2.45, 2.75) is 63.3 Å². The molecule has 2 aliphatic rings. The second kappa shape index (κ2) is 7.09. The molecule has 0 amide bonds. The smallest absolute Gasteiger partial charge is 0.0178 e. The Morgan fingerprint density at radius 3 is 2.50 bits per heavy atom. The van der Waals surface area contributed by atoms with Crippen molar-refractivity contribution in [1.29, 1.82) is 0 Å². The quantitative estimate of drug-likeness (QED) is 0.658. The molecule has 2 fully saturated rings. The first-order chi connectivity index (χ1) is 9.83. The van der Waals surface area contributed by atoms with Crippen LogP contribution in [0.3, 0.4) is 0 Å². The topological polar surface area (TPSA) is 3.24 Å². The summed E-state index contributed by atoms with van der Waals surface area (Å²) in [5.74, 6) is 0.740. The van der Waals surface area contributed by atoms with Crippen molar-refractivity contribution >= 4 is 15.9 Å². The van der Waals surface area contributed by atoms with Gasteiger partial charge in [-0.2, -0.15) is 0 Å². The monoisotopic (exact) mass is 335 g/mol. The number of hydrogen-bond donors (Lipinski definition) is 0. The van der Waals surface area contributed by atoms with Gasteiger partial charge in [-0.3, -0.25) is 4.90 Å². The predicted molar refractivity (Wildman–Crippen MR) is 89.2 cm³/mol. The molecule has 1 aromatic carbocycles. The summed E-state index contributed by atoms with van der Waals surface area (Å²) in [5.41, 5.74) is 1.53. The minimum Gasteiger partial charge on any atom is -0.300 e. The highest BCUT2D eigenvalue weighted by molar-refractivity contribution is 9.10. The third kappa shape index (κ3) is 3.65. The van der Waals surface area contributed by atoms with Crippen LogP contribution in [0.4, 0.5) is 0 Å². The molecule has 1 heterocycles. The van der Waals surface area contributed by atoms with E-state index in [9.17, 15) is 0 Å². The third-order valence-electron chi connectivity index (χ3n) is 5.11. The zero-order valence-corrected chi connectivity index (χ0v) is 13.9. The fourth-order valence-corrected chi connectivity index (χ4v) is 4.41. The lowest BCUT2D eigenvalue weighted by Gasteiger charge is -2.38. The van der Waals surface area contributed by atoms with Crippen LogP contribution in [0.15, 0.2) is 28.7 Å². The number of rotatable bonds is 2. The van der Waals surface area contributed by atoms with E-state index in [4.69, 9.17) is 0 Å². The van der Waals surface area contributed by atoms with Gasteiger partial charge in [-0.1, -0.05) is 53.7 Å². The summed E-state index contributed by atoms with van der Waals surface area (Å²) in [6.45, 7) is 2.61. The molecule has 1 aliphatic heterocycles. The van der Waals surface area contributed by atoms with Crippen LogP contribution >= 0.6 is 15.9 Å². The summed E-state index contributed by atoms with van der Waals surface area (Å²) in [6.07, 6.45) is 11.4. The first kappa shape index (κ1) is 14.6. The molecule has 0 N–H and O–H groups in total. The minimum atomic E-state index is 0.740. The molecule has 0 spiro atoms. The number of halogens is 1. The molecule has 3 rings (SSSR count). The number of piperidine rings is 1. The van der Waals surface area contributed by atoms with Crippen molar-refractivity contribution < 1.29 is 0 Å². The Labute approximate surface area is 131 Å². The number of nitrogens with zero attached hydrogens (tertiary/aromatic N) is 1. The zero-order chi connectivity index (χ0) is 13.8. The van der Waals surface area contributed by atoms with Gasteiger partial charge in [-0.15, -0.1) is 0 Å². The standard InChI is InChI=1S/C18H26BrN/c19-17-9-5-7-15(13-17)16-8-6-12-20(14-16)18-10-3-1-2-4-11-18/h5,7,9,13,16,18H,1-4,6,8,10-12,14H2. The summed E-state index contributed by atoms with van der Waals surface area (Å²) in [7, 11) is 0. The second-order valence-corrected chi connectivity index (χ2v) is 7.45. The van der Waals surface area contributed by atoms with E-state index in [1.54, 1.807) is 0 Å². The van der Waals surface area contributed by atoms with E-state index in [0.717, 1.165) is 12.0 Å². The maximum absolute atomic E-state index is 3.62. The largest absolute Gasteiger partial charge is 0.300 e. The molecule has 1 aromatic rings. The molecule has 1 unspecified atom stereocenters. The second-order valence-electron chi connectivity index (χ2n) is 6.53. The fourth-order valence-electron chi connectivity index (χ4n) is 3.99. The van der Waals surface area contributed by atoms with Gasteiger partial charge in [0.25, 0.3) is 0 Å². The predicted octanol–water partition coefficient (Wildman–Crippen LogP) is 5.35. The highest BCUT2D eigenvalue weighted by Gasteiger charge is 2.27. The van der Waals surface area contributed by atoms with E-state index in [1.165, 1.54) is 74.5 Å². The van der Waals surface area contributed by atoms with Gasteiger partial charge in [-0.05, 0) is 55.8 Å². The number of benzene rings is 1. The van der Waals surface area contributed by atoms with Gasteiger partial charge >= 0.3 is 0 Å². The number of likely N-dealkylation sites (tertiary alicyclic amines) is 1. The molecule has 110 valence electrons. The molecule has 0 bridgehead atoms. The highest BCUT2D eigenvalue weighted by Crippen LogP contribution is 2.32. The van der Waals surface area contributed by atoms with Gasteiger partial charge in [0.15, 0.2) is 0 Å². The molecule has 1 nitrogen and oxygen atoms in total. The van der Waals surface area contributed by atoms with Crippen molar-refractivity contribution in [1.82, 2.24) is 4.90 Å². The Balaban J connectivity index is 1.66. The van der Waals surface area contributed by atoms with Crippen LogP contribution in [-0.4, -0.2) is 24.0 Å². The van der Waals surface area contributed by atoms with E-state index in [1.807, 2.05) is 0 Å². The average Bonchev–Trinajstić information content (AvgIpc) is 2.76. The molecule has 1 saturated heterocycles. The van der Waals surface area contributed by atoms with Crippen LogP contribution in [0.5, 0.6) is 0 Å². The Kier molecular flexibility index (Phi) is 5.17. The first-order valence-electron chi connectivity index (χ1n) is 8.32. The Bertz CT molecular complexity index is 423. The molecule has 2 heteroatoms. The molecule has 1 aliphatic carbocycles. The van der Waals surface area contributed by atoms with E-state index in [-0.39, 0.29) is 0 Å². The van der Waals surface area contributed by atoms with Crippen molar-refractivity contribution in [3.63, 3.8) is 0 Å².